The molecule has 0 saturated heterocycles. The van der Waals surface area contributed by atoms with Crippen LogP contribution in [0.4, 0.5) is 0 Å². The molecule has 1 amide bonds. The number of carbonyl (C=O) groups is 1. The van der Waals surface area contributed by atoms with Crippen molar-refractivity contribution in [2.24, 2.45) is 11.8 Å². The predicted molar refractivity (Wildman–Crippen MR) is 70.3 cm³/mol. The number of hydrogen-bond donors (Lipinski definition) is 2. The summed E-state index contributed by atoms with van der Waals surface area (Å²) < 4.78 is 5.36. The molecule has 1 heterocycles. The molecule has 19 heavy (non-hydrogen) atoms. The van der Waals surface area contributed by atoms with Gasteiger partial charge in [0.05, 0.1) is 12.8 Å². The van der Waals surface area contributed by atoms with Crippen LogP contribution in [0.15, 0.2) is 22.8 Å². The lowest BCUT2D eigenvalue weighted by Gasteiger charge is -2.27. The highest BCUT2D eigenvalue weighted by molar-refractivity contribution is 5.78. The van der Waals surface area contributed by atoms with Gasteiger partial charge in [0.2, 0.25) is 5.91 Å². The third-order valence-electron chi connectivity index (χ3n) is 4.46. The van der Waals surface area contributed by atoms with Gasteiger partial charge in [0, 0.05) is 5.92 Å². The highest BCUT2D eigenvalue weighted by Gasteiger charge is 2.47. The normalized spacial score (nSPS) is 23.2. The second kappa shape index (κ2) is 5.00. The molecule has 4 nitrogen and oxygen atoms in total. The minimum absolute atomic E-state index is 0.0862. The molecular formula is C15H21NO3. The first-order chi connectivity index (χ1) is 9.20. The van der Waals surface area contributed by atoms with E-state index in [1.165, 1.54) is 0 Å². The molecule has 1 unspecified atom stereocenters. The molecule has 2 N–H and O–H groups in total. The van der Waals surface area contributed by atoms with Crippen LogP contribution in [0.3, 0.4) is 0 Å². The van der Waals surface area contributed by atoms with Gasteiger partial charge >= 0.3 is 0 Å². The third-order valence-corrected chi connectivity index (χ3v) is 4.46. The van der Waals surface area contributed by atoms with Crippen molar-refractivity contribution in [3.8, 4) is 0 Å². The summed E-state index contributed by atoms with van der Waals surface area (Å²) in [5.74, 6) is 1.01. The molecule has 2 aliphatic carbocycles. The second-order valence-electron chi connectivity index (χ2n) is 5.88. The summed E-state index contributed by atoms with van der Waals surface area (Å²) in [6.45, 7) is 0.264. The molecular weight excluding hydrogens is 242 g/mol. The first-order valence-electron chi connectivity index (χ1n) is 7.24. The molecule has 1 aromatic rings. The minimum Gasteiger partial charge on any atom is -0.466 e. The molecule has 104 valence electrons. The van der Waals surface area contributed by atoms with E-state index in [2.05, 4.69) is 5.32 Å². The van der Waals surface area contributed by atoms with Gasteiger partial charge in [-0.05, 0) is 43.7 Å². The van der Waals surface area contributed by atoms with Gasteiger partial charge in [-0.3, -0.25) is 4.79 Å². The maximum atomic E-state index is 12.1. The zero-order valence-corrected chi connectivity index (χ0v) is 11.1. The van der Waals surface area contributed by atoms with Gasteiger partial charge < -0.3 is 14.8 Å². The van der Waals surface area contributed by atoms with Crippen molar-refractivity contribution in [1.82, 2.24) is 5.32 Å². The highest BCUT2D eigenvalue weighted by Crippen LogP contribution is 2.45. The fourth-order valence-electron chi connectivity index (χ4n) is 3.07. The number of rotatable bonds is 5. The quantitative estimate of drug-likeness (QED) is 0.856. The first-order valence-corrected chi connectivity index (χ1v) is 7.24. The Morgan fingerprint density at radius 2 is 2.11 bits per heavy atom. The second-order valence-corrected chi connectivity index (χ2v) is 5.88. The molecule has 3 rings (SSSR count). The van der Waals surface area contributed by atoms with Gasteiger partial charge in [-0.25, -0.2) is 0 Å². The summed E-state index contributed by atoms with van der Waals surface area (Å²) in [5.41, 5.74) is -1.03. The van der Waals surface area contributed by atoms with E-state index in [-0.39, 0.29) is 24.3 Å². The van der Waals surface area contributed by atoms with Crippen LogP contribution in [0, 0.1) is 11.8 Å². The van der Waals surface area contributed by atoms with E-state index in [1.807, 2.05) is 0 Å². The fourth-order valence-corrected chi connectivity index (χ4v) is 3.07. The van der Waals surface area contributed by atoms with Crippen LogP contribution in [0.5, 0.6) is 0 Å². The van der Waals surface area contributed by atoms with Crippen LogP contribution in [-0.4, -0.2) is 17.6 Å². The Kier molecular flexibility index (Phi) is 3.35. The third kappa shape index (κ3) is 2.54. The number of hydrogen-bond acceptors (Lipinski definition) is 3. The highest BCUT2D eigenvalue weighted by atomic mass is 16.4. The summed E-state index contributed by atoms with van der Waals surface area (Å²) in [5, 5.41) is 13.7. The van der Waals surface area contributed by atoms with E-state index >= 15 is 0 Å². The lowest BCUT2D eigenvalue weighted by atomic mass is 9.94. The Morgan fingerprint density at radius 1 is 1.37 bits per heavy atom. The molecule has 0 spiro atoms. The van der Waals surface area contributed by atoms with E-state index < -0.39 is 5.60 Å². The number of nitrogens with one attached hydrogen (secondary N) is 1. The van der Waals surface area contributed by atoms with Gasteiger partial charge in [-0.15, -0.1) is 0 Å². The number of furan rings is 1. The Morgan fingerprint density at radius 3 is 2.68 bits per heavy atom. The lowest BCUT2D eigenvalue weighted by molar-refractivity contribution is -0.126. The SMILES string of the molecule is O=C(NCC(O)(c1ccco1)C1CC1)C1CCCC1. The Labute approximate surface area is 113 Å². The van der Waals surface area contributed by atoms with Gasteiger partial charge in [0.25, 0.3) is 0 Å². The molecule has 0 bridgehead atoms. The van der Waals surface area contributed by atoms with Crippen LogP contribution in [0.25, 0.3) is 0 Å². The maximum Gasteiger partial charge on any atom is 0.223 e. The van der Waals surface area contributed by atoms with Crippen molar-refractivity contribution in [1.29, 1.82) is 0 Å². The standard InChI is InChI=1S/C15H21NO3/c17-14(11-4-1-2-5-11)16-10-15(18,12-7-8-12)13-6-3-9-19-13/h3,6,9,11-12,18H,1-2,4-5,7-8,10H2,(H,16,17). The molecule has 1 atom stereocenters. The van der Waals surface area contributed by atoms with Crippen molar-refractivity contribution in [3.63, 3.8) is 0 Å². The van der Waals surface area contributed by atoms with Crippen molar-refractivity contribution >= 4 is 5.91 Å². The Bertz CT molecular complexity index is 432. The largest absolute Gasteiger partial charge is 0.466 e. The molecule has 2 aliphatic rings. The molecule has 0 aliphatic heterocycles. The van der Waals surface area contributed by atoms with Crippen LogP contribution < -0.4 is 5.32 Å². The number of amides is 1. The molecule has 2 fully saturated rings. The summed E-state index contributed by atoms with van der Waals surface area (Å²) in [7, 11) is 0. The smallest absolute Gasteiger partial charge is 0.223 e. The predicted octanol–water partition coefficient (Wildman–Crippen LogP) is 2.18. The van der Waals surface area contributed by atoms with Crippen molar-refractivity contribution in [3.05, 3.63) is 24.2 Å². The summed E-state index contributed by atoms with van der Waals surface area (Å²) >= 11 is 0. The fraction of sp³-hybridized carbons (Fsp3) is 0.667. The van der Waals surface area contributed by atoms with Gasteiger partial charge in [0.1, 0.15) is 11.4 Å². The average molecular weight is 263 g/mol. The topological polar surface area (TPSA) is 62.5 Å². The zero-order valence-electron chi connectivity index (χ0n) is 11.1. The van der Waals surface area contributed by atoms with Crippen molar-refractivity contribution < 1.29 is 14.3 Å². The Balaban J connectivity index is 1.64. The molecule has 0 radical (unpaired) electrons. The summed E-state index contributed by atoms with van der Waals surface area (Å²) in [4.78, 5) is 12.1. The van der Waals surface area contributed by atoms with E-state index in [9.17, 15) is 9.90 Å². The number of carbonyl (C=O) groups excluding carboxylic acids is 1. The molecule has 0 aromatic carbocycles. The Hall–Kier alpha value is -1.29. The first kappa shape index (κ1) is 12.7. The monoisotopic (exact) mass is 263 g/mol. The lowest BCUT2D eigenvalue weighted by Crippen LogP contribution is -2.43. The van der Waals surface area contributed by atoms with Gasteiger partial charge in [0.15, 0.2) is 0 Å². The van der Waals surface area contributed by atoms with E-state index in [0.29, 0.717) is 5.76 Å². The molecule has 2 saturated carbocycles. The van der Waals surface area contributed by atoms with Crippen LogP contribution in [-0.2, 0) is 10.4 Å². The maximum absolute atomic E-state index is 12.1. The summed E-state index contributed by atoms with van der Waals surface area (Å²) in [6, 6.07) is 3.57. The molecule has 4 heteroatoms. The van der Waals surface area contributed by atoms with Crippen molar-refractivity contribution in [2.45, 2.75) is 44.1 Å². The van der Waals surface area contributed by atoms with Crippen LogP contribution >= 0.6 is 0 Å². The minimum atomic E-state index is -1.03. The van der Waals surface area contributed by atoms with Gasteiger partial charge in [-0.1, -0.05) is 12.8 Å². The van der Waals surface area contributed by atoms with E-state index in [0.717, 1.165) is 38.5 Å². The van der Waals surface area contributed by atoms with Crippen LogP contribution in [0.1, 0.15) is 44.3 Å². The number of aliphatic hydroxyl groups is 1. The van der Waals surface area contributed by atoms with Crippen molar-refractivity contribution in [2.75, 3.05) is 6.54 Å². The van der Waals surface area contributed by atoms with E-state index in [1.54, 1.807) is 18.4 Å². The molecule has 1 aromatic heterocycles. The average Bonchev–Trinajstić information content (AvgIpc) is 2.95. The van der Waals surface area contributed by atoms with Gasteiger partial charge in [-0.2, -0.15) is 0 Å². The summed E-state index contributed by atoms with van der Waals surface area (Å²) in [6.07, 6.45) is 7.81. The zero-order chi connectivity index (χ0) is 13.3. The van der Waals surface area contributed by atoms with E-state index in [4.69, 9.17) is 4.42 Å². The van der Waals surface area contributed by atoms with Crippen LogP contribution in [0.2, 0.25) is 0 Å².